The molecule has 1 aromatic rings. The zero-order valence-electron chi connectivity index (χ0n) is 15.3. The van der Waals surface area contributed by atoms with E-state index in [2.05, 4.69) is 21.1 Å². The minimum Gasteiger partial charge on any atom is -0.380 e. The number of carbonyl (C=O) groups is 1. The third kappa shape index (κ3) is 3.42. The summed E-state index contributed by atoms with van der Waals surface area (Å²) in [7, 11) is 0. The second-order valence-corrected chi connectivity index (χ2v) is 7.52. The first-order chi connectivity index (χ1) is 12.8. The van der Waals surface area contributed by atoms with Gasteiger partial charge in [0.1, 0.15) is 12.7 Å². The van der Waals surface area contributed by atoms with Crippen molar-refractivity contribution in [2.75, 3.05) is 33.0 Å². The third-order valence-electron chi connectivity index (χ3n) is 6.10. The van der Waals surface area contributed by atoms with E-state index in [9.17, 15) is 4.79 Å². The lowest BCUT2D eigenvalue weighted by molar-refractivity contribution is -0.147. The Morgan fingerprint density at radius 3 is 3.12 bits per heavy atom. The summed E-state index contributed by atoms with van der Waals surface area (Å²) < 4.78 is 13.2. The Hall–Kier alpha value is -1.73. The normalized spacial score (nSPS) is 29.2. The van der Waals surface area contributed by atoms with Gasteiger partial charge in [-0.2, -0.15) is 5.10 Å². The van der Waals surface area contributed by atoms with Crippen molar-refractivity contribution in [1.29, 1.82) is 0 Å². The van der Waals surface area contributed by atoms with Crippen molar-refractivity contribution >= 4 is 5.91 Å². The summed E-state index contributed by atoms with van der Waals surface area (Å²) in [5, 5.41) is 4.11. The van der Waals surface area contributed by atoms with Crippen LogP contribution in [0.5, 0.6) is 0 Å². The van der Waals surface area contributed by atoms with Crippen LogP contribution in [0.2, 0.25) is 0 Å². The average molecular weight is 360 g/mol. The number of piperidine rings is 1. The number of hydrogen-bond donors (Lipinski definition) is 0. The number of fused-ring (bicyclic) bond motifs is 1. The molecule has 1 aromatic heterocycles. The van der Waals surface area contributed by atoms with Crippen LogP contribution >= 0.6 is 0 Å². The first-order valence-corrected chi connectivity index (χ1v) is 9.76. The number of hydrogen-bond acceptors (Lipinski definition) is 5. The van der Waals surface area contributed by atoms with E-state index in [1.165, 1.54) is 11.9 Å². The van der Waals surface area contributed by atoms with Crippen LogP contribution in [-0.4, -0.2) is 64.6 Å². The molecule has 7 heteroatoms. The molecule has 4 heterocycles. The first-order valence-electron chi connectivity index (χ1n) is 9.76. The lowest BCUT2D eigenvalue weighted by Gasteiger charge is -2.54. The van der Waals surface area contributed by atoms with Gasteiger partial charge < -0.3 is 14.4 Å². The van der Waals surface area contributed by atoms with Gasteiger partial charge in [-0.3, -0.25) is 9.48 Å². The van der Waals surface area contributed by atoms with Gasteiger partial charge in [-0.15, -0.1) is 0 Å². The van der Waals surface area contributed by atoms with E-state index < -0.39 is 0 Å². The lowest BCUT2D eigenvalue weighted by Crippen LogP contribution is -2.59. The Balaban J connectivity index is 1.45. The highest BCUT2D eigenvalue weighted by Gasteiger charge is 2.50. The summed E-state index contributed by atoms with van der Waals surface area (Å²) in [5.74, 6) is 0.272. The number of amides is 1. The second-order valence-electron chi connectivity index (χ2n) is 7.52. The molecule has 0 radical (unpaired) electrons. The van der Waals surface area contributed by atoms with Crippen LogP contribution in [0.1, 0.15) is 38.5 Å². The summed E-state index contributed by atoms with van der Waals surface area (Å²) >= 11 is 0. The summed E-state index contributed by atoms with van der Waals surface area (Å²) in [6, 6.07) is 0.272. The van der Waals surface area contributed by atoms with Crippen molar-refractivity contribution in [1.82, 2.24) is 19.7 Å². The van der Waals surface area contributed by atoms with Gasteiger partial charge in [-0.1, -0.05) is 11.6 Å². The molecular weight excluding hydrogens is 332 g/mol. The molecule has 0 spiro atoms. The predicted octanol–water partition coefficient (Wildman–Crippen LogP) is 1.80. The Labute approximate surface area is 154 Å². The van der Waals surface area contributed by atoms with Crippen molar-refractivity contribution in [3.63, 3.8) is 0 Å². The van der Waals surface area contributed by atoms with E-state index >= 15 is 0 Å². The van der Waals surface area contributed by atoms with Crippen LogP contribution in [0.4, 0.5) is 0 Å². The molecule has 3 aliphatic rings. The number of aromatic nitrogens is 3. The smallest absolute Gasteiger partial charge is 0.222 e. The van der Waals surface area contributed by atoms with Gasteiger partial charge >= 0.3 is 0 Å². The molecule has 142 valence electrons. The van der Waals surface area contributed by atoms with Crippen LogP contribution in [-0.2, 0) is 20.8 Å². The van der Waals surface area contributed by atoms with Gasteiger partial charge in [0.15, 0.2) is 0 Å². The van der Waals surface area contributed by atoms with Crippen LogP contribution in [0.3, 0.4) is 0 Å². The zero-order valence-corrected chi connectivity index (χ0v) is 15.3. The van der Waals surface area contributed by atoms with Crippen LogP contribution in [0, 0.1) is 5.41 Å². The van der Waals surface area contributed by atoms with E-state index in [4.69, 9.17) is 9.47 Å². The minimum absolute atomic E-state index is 0.00183. The Bertz CT molecular complexity index is 641. The molecule has 0 N–H and O–H groups in total. The molecular formula is C19H28N4O3. The molecule has 0 aliphatic carbocycles. The van der Waals surface area contributed by atoms with Crippen molar-refractivity contribution in [2.24, 2.45) is 5.41 Å². The lowest BCUT2D eigenvalue weighted by atomic mass is 9.65. The number of aryl methyl sites for hydroxylation is 1. The third-order valence-corrected chi connectivity index (χ3v) is 6.10. The fourth-order valence-electron chi connectivity index (χ4n) is 4.86. The van der Waals surface area contributed by atoms with E-state index in [0.29, 0.717) is 13.0 Å². The predicted molar refractivity (Wildman–Crippen MR) is 95.4 cm³/mol. The number of rotatable bonds is 5. The first kappa shape index (κ1) is 17.7. The molecule has 0 unspecified atom stereocenters. The summed E-state index contributed by atoms with van der Waals surface area (Å²) in [5.41, 5.74) is 1.45. The number of ether oxygens (including phenoxy) is 2. The molecule has 4 rings (SSSR count). The van der Waals surface area contributed by atoms with Gasteiger partial charge in [0.25, 0.3) is 0 Å². The Kier molecular flexibility index (Phi) is 5.36. The molecule has 2 atom stereocenters. The standard InChI is InChI=1S/C19H28N4O3/c24-18(3-1-8-22-15-20-14-21-22)23-9-2-7-19(13-26-12-6-17(19)23)16-4-10-25-11-5-16/h4,14-15,17H,1-3,5-13H2/t17-,19-/m0/s1. The molecule has 0 bridgehead atoms. The molecule has 2 saturated heterocycles. The van der Waals surface area contributed by atoms with Crippen LogP contribution in [0.15, 0.2) is 24.3 Å². The van der Waals surface area contributed by atoms with Crippen LogP contribution < -0.4 is 0 Å². The second kappa shape index (κ2) is 7.88. The van der Waals surface area contributed by atoms with Gasteiger partial charge in [-0.05, 0) is 32.1 Å². The van der Waals surface area contributed by atoms with E-state index in [1.54, 1.807) is 11.0 Å². The minimum atomic E-state index is 0.00183. The van der Waals surface area contributed by atoms with E-state index in [-0.39, 0.29) is 17.4 Å². The van der Waals surface area contributed by atoms with Gasteiger partial charge in [0.2, 0.25) is 5.91 Å². The van der Waals surface area contributed by atoms with Crippen molar-refractivity contribution in [3.05, 3.63) is 24.3 Å². The zero-order chi connectivity index (χ0) is 17.8. The highest BCUT2D eigenvalue weighted by atomic mass is 16.5. The molecule has 3 aliphatic heterocycles. The summed E-state index contributed by atoms with van der Waals surface area (Å²) in [6.45, 7) is 4.58. The van der Waals surface area contributed by atoms with Gasteiger partial charge in [0.05, 0.1) is 19.8 Å². The summed E-state index contributed by atoms with van der Waals surface area (Å²) in [4.78, 5) is 19.1. The number of nitrogens with zero attached hydrogens (tertiary/aromatic N) is 4. The van der Waals surface area contributed by atoms with E-state index in [1.807, 2.05) is 0 Å². The molecule has 7 nitrogen and oxygen atoms in total. The maximum atomic E-state index is 13.0. The molecule has 26 heavy (non-hydrogen) atoms. The quantitative estimate of drug-likeness (QED) is 0.749. The summed E-state index contributed by atoms with van der Waals surface area (Å²) in [6.07, 6.45) is 10.9. The monoisotopic (exact) mass is 360 g/mol. The molecule has 2 fully saturated rings. The van der Waals surface area contributed by atoms with Crippen molar-refractivity contribution in [2.45, 2.75) is 51.1 Å². The maximum absolute atomic E-state index is 13.0. The maximum Gasteiger partial charge on any atom is 0.222 e. The SMILES string of the molecule is O=C(CCCn1cncn1)N1CCC[C@@]2(C3=CCOCC3)COCC[C@H]12. The molecule has 0 saturated carbocycles. The topological polar surface area (TPSA) is 69.5 Å². The van der Waals surface area contributed by atoms with Crippen molar-refractivity contribution < 1.29 is 14.3 Å². The Morgan fingerprint density at radius 2 is 2.31 bits per heavy atom. The van der Waals surface area contributed by atoms with Crippen molar-refractivity contribution in [3.8, 4) is 0 Å². The van der Waals surface area contributed by atoms with Gasteiger partial charge in [0, 0.05) is 37.6 Å². The van der Waals surface area contributed by atoms with Gasteiger partial charge in [-0.25, -0.2) is 4.98 Å². The molecule has 0 aromatic carbocycles. The highest BCUT2D eigenvalue weighted by molar-refractivity contribution is 5.77. The van der Waals surface area contributed by atoms with E-state index in [0.717, 1.165) is 65.0 Å². The number of carbonyl (C=O) groups excluding carboxylic acids is 1. The fourth-order valence-corrected chi connectivity index (χ4v) is 4.86. The largest absolute Gasteiger partial charge is 0.380 e. The van der Waals surface area contributed by atoms with Crippen LogP contribution in [0.25, 0.3) is 0 Å². The number of likely N-dealkylation sites (tertiary alicyclic amines) is 1. The molecule has 1 amide bonds. The fraction of sp³-hybridized carbons (Fsp3) is 0.737. The average Bonchev–Trinajstić information content (AvgIpc) is 3.21. The Morgan fingerprint density at radius 1 is 1.35 bits per heavy atom. The highest BCUT2D eigenvalue weighted by Crippen LogP contribution is 2.48.